The van der Waals surface area contributed by atoms with Gasteiger partial charge < -0.3 is 10.6 Å². The molecule has 0 saturated carbocycles. The molecule has 2 unspecified atom stereocenters. The third-order valence-corrected chi connectivity index (χ3v) is 4.22. The molecule has 0 spiro atoms. The number of nitrogens with zero attached hydrogens (tertiary/aromatic N) is 3. The van der Waals surface area contributed by atoms with Crippen molar-refractivity contribution in [2.75, 3.05) is 18.0 Å². The molecule has 2 atom stereocenters. The summed E-state index contributed by atoms with van der Waals surface area (Å²) in [7, 11) is 0. The van der Waals surface area contributed by atoms with E-state index in [1.165, 1.54) is 0 Å². The van der Waals surface area contributed by atoms with Gasteiger partial charge in [0.25, 0.3) is 0 Å². The van der Waals surface area contributed by atoms with Crippen molar-refractivity contribution in [3.8, 4) is 0 Å². The number of aromatic nitrogens is 2. The van der Waals surface area contributed by atoms with Crippen LogP contribution in [0.2, 0.25) is 0 Å². The van der Waals surface area contributed by atoms with Gasteiger partial charge in [-0.3, -0.25) is 0 Å². The van der Waals surface area contributed by atoms with Crippen LogP contribution in [0.25, 0.3) is 0 Å². The molecule has 2 rings (SSSR count). The number of hydrogen-bond donors (Lipinski definition) is 1. The minimum absolute atomic E-state index is 0.182. The van der Waals surface area contributed by atoms with E-state index < -0.39 is 11.2 Å². The Bertz CT molecular complexity index is 406. The average molecular weight is 280 g/mol. The molecule has 102 valence electrons. The highest BCUT2D eigenvalue weighted by atomic mass is 32.1. The predicted octanol–water partition coefficient (Wildman–Crippen LogP) is 2.12. The Morgan fingerprint density at radius 1 is 1.39 bits per heavy atom. The maximum atomic E-state index is 12.5. The second-order valence-corrected chi connectivity index (χ2v) is 5.52. The topological polar surface area (TPSA) is 55.0 Å². The Balaban J connectivity index is 2.17. The average Bonchev–Trinajstić information content (AvgIpc) is 2.78. The van der Waals surface area contributed by atoms with Crippen LogP contribution in [0.15, 0.2) is 0 Å². The van der Waals surface area contributed by atoms with Crippen LogP contribution < -0.4 is 10.6 Å². The molecule has 2 N–H and O–H groups in total. The fraction of sp³-hybridized carbons (Fsp3) is 0.800. The highest BCUT2D eigenvalue weighted by Crippen LogP contribution is 2.36. The van der Waals surface area contributed by atoms with Crippen molar-refractivity contribution >= 4 is 16.5 Å². The van der Waals surface area contributed by atoms with Crippen molar-refractivity contribution in [1.29, 1.82) is 0 Å². The van der Waals surface area contributed by atoms with Gasteiger partial charge in [-0.25, -0.2) is 0 Å². The van der Waals surface area contributed by atoms with E-state index in [0.29, 0.717) is 35.5 Å². The smallest absolute Gasteiger partial charge is 0.344 e. The molecule has 2 heterocycles. The molecule has 1 aliphatic rings. The van der Waals surface area contributed by atoms with Crippen LogP contribution in [0.5, 0.6) is 0 Å². The fourth-order valence-corrected chi connectivity index (χ4v) is 2.91. The number of rotatable bonds is 2. The lowest BCUT2D eigenvalue weighted by Gasteiger charge is -2.37. The molecule has 1 saturated heterocycles. The molecule has 0 bridgehead atoms. The van der Waals surface area contributed by atoms with Gasteiger partial charge in [0.1, 0.15) is 0 Å². The van der Waals surface area contributed by atoms with Gasteiger partial charge in [-0.1, -0.05) is 11.3 Å². The zero-order valence-corrected chi connectivity index (χ0v) is 10.8. The number of anilines is 1. The van der Waals surface area contributed by atoms with Crippen LogP contribution in [0.1, 0.15) is 24.8 Å². The van der Waals surface area contributed by atoms with Crippen LogP contribution in [-0.4, -0.2) is 29.3 Å². The van der Waals surface area contributed by atoms with Gasteiger partial charge in [0.05, 0.1) is 0 Å². The Hall–Kier alpha value is -0.890. The van der Waals surface area contributed by atoms with Crippen LogP contribution in [0, 0.1) is 5.92 Å². The lowest BCUT2D eigenvalue weighted by molar-refractivity contribution is -0.138. The van der Waals surface area contributed by atoms with E-state index in [2.05, 4.69) is 10.2 Å². The summed E-state index contributed by atoms with van der Waals surface area (Å²) < 4.78 is 37.4. The lowest BCUT2D eigenvalue weighted by atomic mass is 9.94. The normalized spacial score (nSPS) is 25.5. The zero-order chi connectivity index (χ0) is 13.3. The summed E-state index contributed by atoms with van der Waals surface area (Å²) in [6, 6.07) is 0.182. The molecule has 1 aliphatic heterocycles. The first kappa shape index (κ1) is 13.5. The minimum atomic E-state index is -4.41. The summed E-state index contributed by atoms with van der Waals surface area (Å²) in [6.07, 6.45) is -2.48. The molecule has 8 heteroatoms. The molecule has 0 amide bonds. The molecule has 1 fully saturated rings. The number of piperidine rings is 1. The Morgan fingerprint density at radius 2 is 2.11 bits per heavy atom. The van der Waals surface area contributed by atoms with Crippen molar-refractivity contribution in [1.82, 2.24) is 10.2 Å². The highest BCUT2D eigenvalue weighted by Gasteiger charge is 2.37. The summed E-state index contributed by atoms with van der Waals surface area (Å²) in [5.74, 6) is 0.319. The molecule has 1 aromatic rings. The third-order valence-electron chi connectivity index (χ3n) is 3.22. The molecule has 0 aliphatic carbocycles. The Kier molecular flexibility index (Phi) is 3.76. The van der Waals surface area contributed by atoms with Crippen molar-refractivity contribution in [2.24, 2.45) is 11.7 Å². The number of hydrogen-bond acceptors (Lipinski definition) is 5. The predicted molar refractivity (Wildman–Crippen MR) is 63.5 cm³/mol. The van der Waals surface area contributed by atoms with Gasteiger partial charge in [-0.15, -0.1) is 10.2 Å². The SMILES string of the molecule is CC1CCC(CN)CN1c1nnc(C(F)(F)F)s1. The number of nitrogens with two attached hydrogens (primary N) is 1. The maximum Gasteiger partial charge on any atom is 0.445 e. The number of halogens is 3. The van der Waals surface area contributed by atoms with Crippen LogP contribution >= 0.6 is 11.3 Å². The maximum absolute atomic E-state index is 12.5. The monoisotopic (exact) mass is 280 g/mol. The zero-order valence-electron chi connectivity index (χ0n) is 9.94. The molecule has 0 radical (unpaired) electrons. The van der Waals surface area contributed by atoms with E-state index >= 15 is 0 Å². The quantitative estimate of drug-likeness (QED) is 0.901. The first-order valence-corrected chi connectivity index (χ1v) is 6.61. The van der Waals surface area contributed by atoms with Gasteiger partial charge in [-0.2, -0.15) is 13.2 Å². The Labute approximate surface area is 107 Å². The largest absolute Gasteiger partial charge is 0.445 e. The summed E-state index contributed by atoms with van der Waals surface area (Å²) >= 11 is 0.601. The summed E-state index contributed by atoms with van der Waals surface area (Å²) in [5, 5.41) is 6.33. The Morgan fingerprint density at radius 3 is 2.67 bits per heavy atom. The molecule has 1 aromatic heterocycles. The standard InChI is InChI=1S/C10H15F3N4S/c1-6-2-3-7(4-14)5-17(6)9-16-15-8(18-9)10(11,12)13/h6-7H,2-5,14H2,1H3. The summed E-state index contributed by atoms with van der Waals surface area (Å²) in [6.45, 7) is 3.19. The summed E-state index contributed by atoms with van der Waals surface area (Å²) in [5.41, 5.74) is 5.62. The van der Waals surface area contributed by atoms with E-state index in [9.17, 15) is 13.2 Å². The van der Waals surface area contributed by atoms with E-state index in [4.69, 9.17) is 5.73 Å². The van der Waals surface area contributed by atoms with Gasteiger partial charge in [0.15, 0.2) is 0 Å². The molecular weight excluding hydrogens is 265 g/mol. The second-order valence-electron chi connectivity index (χ2n) is 4.57. The van der Waals surface area contributed by atoms with E-state index in [0.717, 1.165) is 12.8 Å². The van der Waals surface area contributed by atoms with Crippen molar-refractivity contribution in [3.05, 3.63) is 5.01 Å². The highest BCUT2D eigenvalue weighted by molar-refractivity contribution is 7.15. The molecule has 4 nitrogen and oxygen atoms in total. The molecule has 0 aromatic carbocycles. The van der Waals surface area contributed by atoms with E-state index in [-0.39, 0.29) is 6.04 Å². The third kappa shape index (κ3) is 2.74. The van der Waals surface area contributed by atoms with Crippen LogP contribution in [0.3, 0.4) is 0 Å². The van der Waals surface area contributed by atoms with Gasteiger partial charge in [0.2, 0.25) is 10.1 Å². The van der Waals surface area contributed by atoms with Gasteiger partial charge in [-0.05, 0) is 32.2 Å². The van der Waals surface area contributed by atoms with Gasteiger partial charge in [0, 0.05) is 12.6 Å². The summed E-state index contributed by atoms with van der Waals surface area (Å²) in [4.78, 5) is 1.88. The first-order valence-electron chi connectivity index (χ1n) is 5.79. The van der Waals surface area contributed by atoms with Crippen LogP contribution in [-0.2, 0) is 6.18 Å². The van der Waals surface area contributed by atoms with E-state index in [1.807, 2.05) is 11.8 Å². The molecule has 18 heavy (non-hydrogen) atoms. The minimum Gasteiger partial charge on any atom is -0.344 e. The lowest BCUT2D eigenvalue weighted by Crippen LogP contribution is -2.43. The van der Waals surface area contributed by atoms with Gasteiger partial charge >= 0.3 is 6.18 Å². The first-order chi connectivity index (χ1) is 8.41. The molecular formula is C10H15F3N4S. The van der Waals surface area contributed by atoms with Crippen molar-refractivity contribution in [2.45, 2.75) is 32.0 Å². The van der Waals surface area contributed by atoms with Crippen LogP contribution in [0.4, 0.5) is 18.3 Å². The van der Waals surface area contributed by atoms with E-state index in [1.54, 1.807) is 0 Å². The number of alkyl halides is 3. The van der Waals surface area contributed by atoms with Crippen molar-refractivity contribution in [3.63, 3.8) is 0 Å². The fourth-order valence-electron chi connectivity index (χ4n) is 2.09. The van der Waals surface area contributed by atoms with Crippen molar-refractivity contribution < 1.29 is 13.2 Å². The second kappa shape index (κ2) is 5.00.